The number of hydrogen-bond acceptors (Lipinski definition) is 3. The molecular weight excluding hydrogens is 274 g/mol. The molecule has 1 saturated carbocycles. The van der Waals surface area contributed by atoms with E-state index in [1.54, 1.807) is 7.11 Å². The van der Waals surface area contributed by atoms with E-state index in [-0.39, 0.29) is 5.78 Å². The molecule has 0 spiro atoms. The van der Waals surface area contributed by atoms with Crippen LogP contribution in [-0.2, 0) is 4.79 Å². The molecule has 22 heavy (non-hydrogen) atoms. The molecule has 2 rings (SSSR count). The minimum Gasteiger partial charge on any atom is -0.497 e. The van der Waals surface area contributed by atoms with Crippen LogP contribution in [0.2, 0.25) is 0 Å². The topological polar surface area (TPSA) is 38.3 Å². The van der Waals surface area contributed by atoms with Crippen LogP contribution >= 0.6 is 0 Å². The summed E-state index contributed by atoms with van der Waals surface area (Å²) >= 11 is 0. The first-order valence-electron chi connectivity index (χ1n) is 8.09. The Balaban J connectivity index is 2.06. The molecule has 1 fully saturated rings. The zero-order valence-electron chi connectivity index (χ0n) is 14.1. The number of allylic oxidation sites excluding steroid dienone is 1. The predicted octanol–water partition coefficient (Wildman–Crippen LogP) is 4.80. The summed E-state index contributed by atoms with van der Waals surface area (Å²) in [6.07, 6.45) is 5.60. The monoisotopic (exact) mass is 301 g/mol. The molecule has 1 N–H and O–H groups in total. The van der Waals surface area contributed by atoms with Gasteiger partial charge < -0.3 is 10.1 Å². The van der Waals surface area contributed by atoms with Crippen molar-refractivity contribution in [3.8, 4) is 5.75 Å². The Hall–Kier alpha value is -1.77. The molecular formula is C19H27NO2. The van der Waals surface area contributed by atoms with E-state index in [9.17, 15) is 4.79 Å². The van der Waals surface area contributed by atoms with Crippen LogP contribution in [0, 0.1) is 11.3 Å². The summed E-state index contributed by atoms with van der Waals surface area (Å²) in [5.41, 5.74) is 2.19. The van der Waals surface area contributed by atoms with E-state index < -0.39 is 0 Å². The van der Waals surface area contributed by atoms with Gasteiger partial charge in [-0.3, -0.25) is 4.79 Å². The number of benzene rings is 1. The number of rotatable bonds is 5. The van der Waals surface area contributed by atoms with Crippen LogP contribution < -0.4 is 10.1 Å². The number of carbonyl (C=O) groups is 1. The number of methoxy groups -OCH3 is 1. The van der Waals surface area contributed by atoms with E-state index in [2.05, 4.69) is 26.1 Å². The highest BCUT2D eigenvalue weighted by Gasteiger charge is 2.33. The number of Topliss-reactive ketones (excluding diaryl/α,β-unsaturated/α-hetero) is 1. The SMILES string of the molecule is CCC(C)(C)[C@H]1CCC(=O)/C(=C/Nc2ccc(OC)cc2)C1. The number of ketones is 1. The summed E-state index contributed by atoms with van der Waals surface area (Å²) in [6.45, 7) is 6.85. The van der Waals surface area contributed by atoms with Crippen molar-refractivity contribution >= 4 is 11.5 Å². The predicted molar refractivity (Wildman–Crippen MR) is 91.1 cm³/mol. The van der Waals surface area contributed by atoms with Gasteiger partial charge in [-0.25, -0.2) is 0 Å². The van der Waals surface area contributed by atoms with Crippen molar-refractivity contribution in [2.24, 2.45) is 11.3 Å². The highest BCUT2D eigenvalue weighted by atomic mass is 16.5. The van der Waals surface area contributed by atoms with Gasteiger partial charge in [-0.05, 0) is 48.4 Å². The van der Waals surface area contributed by atoms with Crippen LogP contribution in [0.25, 0.3) is 0 Å². The Bertz CT molecular complexity index is 543. The Morgan fingerprint density at radius 3 is 2.59 bits per heavy atom. The highest BCUT2D eigenvalue weighted by Crippen LogP contribution is 2.41. The molecule has 1 atom stereocenters. The lowest BCUT2D eigenvalue weighted by Gasteiger charge is -2.36. The lowest BCUT2D eigenvalue weighted by Crippen LogP contribution is -2.29. The van der Waals surface area contributed by atoms with Gasteiger partial charge in [-0.15, -0.1) is 0 Å². The number of hydrogen-bond donors (Lipinski definition) is 1. The summed E-state index contributed by atoms with van der Waals surface area (Å²) in [7, 11) is 1.65. The van der Waals surface area contributed by atoms with Gasteiger partial charge in [0.05, 0.1) is 7.11 Å². The fraction of sp³-hybridized carbons (Fsp3) is 0.526. The molecule has 1 aliphatic carbocycles. The lowest BCUT2D eigenvalue weighted by molar-refractivity contribution is -0.117. The van der Waals surface area contributed by atoms with Gasteiger partial charge in [0.25, 0.3) is 0 Å². The van der Waals surface area contributed by atoms with E-state index in [1.165, 1.54) is 0 Å². The maximum Gasteiger partial charge on any atom is 0.160 e. The number of carbonyl (C=O) groups excluding carboxylic acids is 1. The second-order valence-corrected chi connectivity index (χ2v) is 6.75. The molecule has 0 aromatic heterocycles. The summed E-state index contributed by atoms with van der Waals surface area (Å²) in [5.74, 6) is 1.69. The van der Waals surface area contributed by atoms with E-state index in [4.69, 9.17) is 4.74 Å². The van der Waals surface area contributed by atoms with Crippen LogP contribution in [-0.4, -0.2) is 12.9 Å². The average molecular weight is 301 g/mol. The van der Waals surface area contributed by atoms with Gasteiger partial charge in [-0.2, -0.15) is 0 Å². The number of nitrogens with one attached hydrogen (secondary N) is 1. The van der Waals surface area contributed by atoms with Crippen LogP contribution in [0.3, 0.4) is 0 Å². The standard InChI is InChI=1S/C19H27NO2/c1-5-19(2,3)15-6-11-18(21)14(12-15)13-20-16-7-9-17(22-4)10-8-16/h7-10,13,15,20H,5-6,11-12H2,1-4H3/b14-13+/t15-/m0/s1. The molecule has 0 bridgehead atoms. The molecule has 0 amide bonds. The van der Waals surface area contributed by atoms with E-state index in [1.807, 2.05) is 30.5 Å². The smallest absolute Gasteiger partial charge is 0.160 e. The molecule has 3 heteroatoms. The molecule has 3 nitrogen and oxygen atoms in total. The minimum atomic E-state index is 0.282. The van der Waals surface area contributed by atoms with Gasteiger partial charge >= 0.3 is 0 Å². The summed E-state index contributed by atoms with van der Waals surface area (Å²) in [5, 5.41) is 3.25. The molecule has 0 heterocycles. The fourth-order valence-electron chi connectivity index (χ4n) is 2.90. The second-order valence-electron chi connectivity index (χ2n) is 6.75. The highest BCUT2D eigenvalue weighted by molar-refractivity contribution is 5.96. The Morgan fingerprint density at radius 2 is 2.00 bits per heavy atom. The molecule has 120 valence electrons. The second kappa shape index (κ2) is 6.99. The molecule has 1 aliphatic rings. The molecule has 1 aromatic carbocycles. The maximum absolute atomic E-state index is 12.1. The largest absolute Gasteiger partial charge is 0.497 e. The van der Waals surface area contributed by atoms with Crippen molar-refractivity contribution in [1.29, 1.82) is 0 Å². The third-order valence-electron chi connectivity index (χ3n) is 5.06. The van der Waals surface area contributed by atoms with Gasteiger partial charge in [0, 0.05) is 23.9 Å². The third kappa shape index (κ3) is 3.90. The molecule has 1 aromatic rings. The number of ether oxygens (including phenoxy) is 1. The minimum absolute atomic E-state index is 0.282. The Labute approximate surface area is 133 Å². The summed E-state index contributed by atoms with van der Waals surface area (Å²) < 4.78 is 5.15. The molecule has 0 radical (unpaired) electrons. The van der Waals surface area contributed by atoms with Crippen LogP contribution in [0.4, 0.5) is 5.69 Å². The summed E-state index contributed by atoms with van der Waals surface area (Å²) in [4.78, 5) is 12.1. The Morgan fingerprint density at radius 1 is 1.32 bits per heavy atom. The number of anilines is 1. The van der Waals surface area contributed by atoms with E-state index in [0.29, 0.717) is 17.8 Å². The van der Waals surface area contributed by atoms with Gasteiger partial charge in [0.2, 0.25) is 0 Å². The van der Waals surface area contributed by atoms with Crippen molar-refractivity contribution in [2.75, 3.05) is 12.4 Å². The zero-order chi connectivity index (χ0) is 16.2. The van der Waals surface area contributed by atoms with Crippen LogP contribution in [0.15, 0.2) is 36.0 Å². The quantitative estimate of drug-likeness (QED) is 0.794. The van der Waals surface area contributed by atoms with Crippen LogP contribution in [0.1, 0.15) is 46.5 Å². The lowest BCUT2D eigenvalue weighted by atomic mass is 9.68. The maximum atomic E-state index is 12.1. The zero-order valence-corrected chi connectivity index (χ0v) is 14.1. The molecule has 0 saturated heterocycles. The van der Waals surface area contributed by atoms with Gasteiger partial charge in [0.15, 0.2) is 5.78 Å². The fourth-order valence-corrected chi connectivity index (χ4v) is 2.90. The van der Waals surface area contributed by atoms with E-state index in [0.717, 1.165) is 36.3 Å². The molecule has 0 aliphatic heterocycles. The Kier molecular flexibility index (Phi) is 5.28. The third-order valence-corrected chi connectivity index (χ3v) is 5.06. The van der Waals surface area contributed by atoms with Crippen molar-refractivity contribution in [3.63, 3.8) is 0 Å². The van der Waals surface area contributed by atoms with Crippen molar-refractivity contribution in [1.82, 2.24) is 0 Å². The molecule has 0 unspecified atom stereocenters. The average Bonchev–Trinajstić information content (AvgIpc) is 2.54. The first-order valence-corrected chi connectivity index (χ1v) is 8.09. The van der Waals surface area contributed by atoms with Crippen molar-refractivity contribution in [3.05, 3.63) is 36.0 Å². The first kappa shape index (κ1) is 16.6. The summed E-state index contributed by atoms with van der Waals surface area (Å²) in [6, 6.07) is 7.73. The van der Waals surface area contributed by atoms with E-state index >= 15 is 0 Å². The van der Waals surface area contributed by atoms with Gasteiger partial charge in [-0.1, -0.05) is 27.2 Å². The first-order chi connectivity index (χ1) is 10.5. The van der Waals surface area contributed by atoms with Crippen molar-refractivity contribution < 1.29 is 9.53 Å². The van der Waals surface area contributed by atoms with Gasteiger partial charge in [0.1, 0.15) is 5.75 Å². The normalized spacial score (nSPS) is 21.0. The van der Waals surface area contributed by atoms with Crippen molar-refractivity contribution in [2.45, 2.75) is 46.5 Å². The van der Waals surface area contributed by atoms with Crippen LogP contribution in [0.5, 0.6) is 5.75 Å².